The number of rotatable bonds is 5. The van der Waals surface area contributed by atoms with Crippen LogP contribution in [0, 0.1) is 0 Å². The summed E-state index contributed by atoms with van der Waals surface area (Å²) in [6.07, 6.45) is 0. The van der Waals surface area contributed by atoms with Gasteiger partial charge in [-0.15, -0.1) is 0 Å². The molecule has 0 atom stereocenters. The van der Waals surface area contributed by atoms with Crippen LogP contribution in [-0.4, -0.2) is 21.2 Å². The van der Waals surface area contributed by atoms with Gasteiger partial charge in [-0.1, -0.05) is 42.5 Å². The Bertz CT molecular complexity index is 1370. The number of benzene rings is 3. The third-order valence-electron chi connectivity index (χ3n) is 5.15. The molecule has 1 aromatic heterocycles. The third-order valence-corrected chi connectivity index (χ3v) is 5.15. The topological polar surface area (TPSA) is 73.2 Å². The minimum Gasteiger partial charge on any atom is -0.457 e. The molecule has 1 heterocycles. The highest BCUT2D eigenvalue weighted by Crippen LogP contribution is 2.37. The third kappa shape index (κ3) is 5.23. The second-order valence-corrected chi connectivity index (χ2v) is 9.06. The summed E-state index contributed by atoms with van der Waals surface area (Å²) in [5, 5.41) is 7.53. The number of ether oxygens (including phenoxy) is 1. The molecule has 0 spiro atoms. The van der Waals surface area contributed by atoms with Gasteiger partial charge in [0.05, 0.1) is 0 Å². The Morgan fingerprint density at radius 1 is 0.882 bits per heavy atom. The molecule has 0 aliphatic heterocycles. The van der Waals surface area contributed by atoms with Crippen molar-refractivity contribution in [3.8, 4) is 33.9 Å². The van der Waals surface area contributed by atoms with Gasteiger partial charge < -0.3 is 10.1 Å². The fraction of sp³-hybridized carbons (Fsp3) is 0.179. The lowest BCUT2D eigenvalue weighted by Gasteiger charge is -2.20. The fourth-order valence-corrected chi connectivity index (χ4v) is 3.54. The monoisotopic (exact) mass is 453 g/mol. The summed E-state index contributed by atoms with van der Waals surface area (Å²) in [4.78, 5) is 25.0. The molecule has 4 aromatic rings. The Morgan fingerprint density at radius 3 is 2.21 bits per heavy atom. The molecule has 0 fully saturated rings. The van der Waals surface area contributed by atoms with Crippen molar-refractivity contribution in [2.24, 2.45) is 7.05 Å². The first-order valence-corrected chi connectivity index (χ1v) is 11.0. The zero-order chi connectivity index (χ0) is 24.3. The lowest BCUT2D eigenvalue weighted by Crippen LogP contribution is -2.40. The highest BCUT2D eigenvalue weighted by molar-refractivity contribution is 5.95. The van der Waals surface area contributed by atoms with Crippen molar-refractivity contribution >= 4 is 5.91 Å². The molecule has 3 aromatic carbocycles. The average molecular weight is 454 g/mol. The molecular weight excluding hydrogens is 426 g/mol. The lowest BCUT2D eigenvalue weighted by atomic mass is 9.98. The van der Waals surface area contributed by atoms with Crippen LogP contribution in [0.25, 0.3) is 22.4 Å². The van der Waals surface area contributed by atoms with Gasteiger partial charge in [0, 0.05) is 35.3 Å². The highest BCUT2D eigenvalue weighted by atomic mass is 16.5. The van der Waals surface area contributed by atoms with E-state index in [9.17, 15) is 9.59 Å². The zero-order valence-electron chi connectivity index (χ0n) is 19.7. The van der Waals surface area contributed by atoms with Gasteiger partial charge >= 0.3 is 0 Å². The van der Waals surface area contributed by atoms with Crippen molar-refractivity contribution in [2.75, 3.05) is 0 Å². The Kier molecular flexibility index (Phi) is 6.32. The summed E-state index contributed by atoms with van der Waals surface area (Å²) in [6, 6.07) is 25.8. The maximum atomic E-state index is 12.5. The Labute approximate surface area is 198 Å². The number of carbonyl (C=O) groups is 1. The molecule has 0 saturated carbocycles. The molecule has 0 aliphatic rings. The number of aromatic nitrogens is 2. The number of hydrogen-bond acceptors (Lipinski definition) is 4. The average Bonchev–Trinajstić information content (AvgIpc) is 2.81. The lowest BCUT2D eigenvalue weighted by molar-refractivity contribution is 0.0919. The molecule has 34 heavy (non-hydrogen) atoms. The van der Waals surface area contributed by atoms with Crippen LogP contribution in [-0.2, 0) is 7.05 Å². The summed E-state index contributed by atoms with van der Waals surface area (Å²) in [7, 11) is 1.62. The van der Waals surface area contributed by atoms with Crippen LogP contribution in [0.1, 0.15) is 31.1 Å². The van der Waals surface area contributed by atoms with Crippen LogP contribution in [0.15, 0.2) is 89.7 Å². The molecule has 0 saturated heterocycles. The summed E-state index contributed by atoms with van der Waals surface area (Å²) >= 11 is 0. The van der Waals surface area contributed by atoms with E-state index in [4.69, 9.17) is 4.74 Å². The predicted octanol–water partition coefficient (Wildman–Crippen LogP) is 5.43. The van der Waals surface area contributed by atoms with E-state index >= 15 is 0 Å². The molecule has 172 valence electrons. The van der Waals surface area contributed by atoms with E-state index in [1.54, 1.807) is 25.2 Å². The smallest absolute Gasteiger partial charge is 0.267 e. The van der Waals surface area contributed by atoms with E-state index in [-0.39, 0.29) is 17.0 Å². The first-order valence-electron chi connectivity index (χ1n) is 11.0. The maximum Gasteiger partial charge on any atom is 0.267 e. The van der Waals surface area contributed by atoms with Crippen molar-refractivity contribution in [3.05, 3.63) is 101 Å². The molecular formula is C28H27N3O3. The van der Waals surface area contributed by atoms with Crippen molar-refractivity contribution < 1.29 is 9.53 Å². The van der Waals surface area contributed by atoms with Crippen molar-refractivity contribution in [3.63, 3.8) is 0 Å². The van der Waals surface area contributed by atoms with Crippen LogP contribution < -0.4 is 15.6 Å². The number of amides is 1. The zero-order valence-corrected chi connectivity index (χ0v) is 19.7. The van der Waals surface area contributed by atoms with Gasteiger partial charge in [-0.3, -0.25) is 9.59 Å². The molecule has 1 amide bonds. The number of nitrogens with zero attached hydrogens (tertiary/aromatic N) is 2. The summed E-state index contributed by atoms with van der Waals surface area (Å²) in [6.45, 7) is 5.81. The normalized spacial score (nSPS) is 11.2. The summed E-state index contributed by atoms with van der Waals surface area (Å²) in [5.74, 6) is 1.18. The van der Waals surface area contributed by atoms with Gasteiger partial charge in [0.1, 0.15) is 17.2 Å². The first-order chi connectivity index (χ1) is 16.2. The molecule has 0 radical (unpaired) electrons. The highest BCUT2D eigenvalue weighted by Gasteiger charge is 2.18. The van der Waals surface area contributed by atoms with E-state index < -0.39 is 0 Å². The van der Waals surface area contributed by atoms with E-state index in [2.05, 4.69) is 10.4 Å². The van der Waals surface area contributed by atoms with E-state index in [1.165, 1.54) is 4.68 Å². The first kappa shape index (κ1) is 23.0. The van der Waals surface area contributed by atoms with Crippen molar-refractivity contribution in [1.82, 2.24) is 15.1 Å². The molecule has 0 unspecified atom stereocenters. The van der Waals surface area contributed by atoms with Crippen LogP contribution >= 0.6 is 0 Å². The van der Waals surface area contributed by atoms with Crippen molar-refractivity contribution in [1.29, 1.82) is 0 Å². The Morgan fingerprint density at radius 2 is 1.53 bits per heavy atom. The number of carbonyl (C=O) groups excluding carboxylic acids is 1. The summed E-state index contributed by atoms with van der Waals surface area (Å²) in [5.41, 5.74) is 2.80. The van der Waals surface area contributed by atoms with Crippen LogP contribution in [0.3, 0.4) is 0 Å². The van der Waals surface area contributed by atoms with E-state index in [1.807, 2.05) is 87.5 Å². The minimum atomic E-state index is -0.332. The van der Waals surface area contributed by atoms with Crippen LogP contribution in [0.2, 0.25) is 0 Å². The standard InChI is InChI=1S/C28H27N3O3/c1-28(2,3)29-27(33)20-16-14-19(15-17-20)23-18-25(32)31(4)30-26(23)22-12-8-9-13-24(22)34-21-10-6-5-7-11-21/h5-18H,1-4H3,(H,29,33). The second-order valence-electron chi connectivity index (χ2n) is 9.06. The van der Waals surface area contributed by atoms with E-state index in [0.717, 1.165) is 11.1 Å². The number of para-hydroxylation sites is 2. The molecule has 4 rings (SSSR count). The Balaban J connectivity index is 1.77. The molecule has 0 bridgehead atoms. The largest absolute Gasteiger partial charge is 0.457 e. The second kappa shape index (κ2) is 9.35. The van der Waals surface area contributed by atoms with Crippen LogP contribution in [0.5, 0.6) is 11.5 Å². The Hall–Kier alpha value is -4.19. The molecule has 1 N–H and O–H groups in total. The van der Waals surface area contributed by atoms with Gasteiger partial charge in [0.15, 0.2) is 0 Å². The molecule has 6 heteroatoms. The molecule has 6 nitrogen and oxygen atoms in total. The van der Waals surface area contributed by atoms with Gasteiger partial charge in [0.25, 0.3) is 11.5 Å². The molecule has 0 aliphatic carbocycles. The van der Waals surface area contributed by atoms with Gasteiger partial charge in [-0.25, -0.2) is 4.68 Å². The quantitative estimate of drug-likeness (QED) is 0.437. The minimum absolute atomic E-state index is 0.150. The van der Waals surface area contributed by atoms with E-state index in [0.29, 0.717) is 28.3 Å². The van der Waals surface area contributed by atoms with Gasteiger partial charge in [0.2, 0.25) is 0 Å². The predicted molar refractivity (Wildman–Crippen MR) is 134 cm³/mol. The number of hydrogen-bond donors (Lipinski definition) is 1. The maximum absolute atomic E-state index is 12.5. The summed E-state index contributed by atoms with van der Waals surface area (Å²) < 4.78 is 7.45. The SMILES string of the molecule is Cn1nc(-c2ccccc2Oc2ccccc2)c(-c2ccc(C(=O)NC(C)(C)C)cc2)cc1=O. The van der Waals surface area contributed by atoms with Gasteiger partial charge in [-0.05, 0) is 62.7 Å². The fourth-order valence-electron chi connectivity index (χ4n) is 3.54. The van der Waals surface area contributed by atoms with Gasteiger partial charge in [-0.2, -0.15) is 5.10 Å². The van der Waals surface area contributed by atoms with Crippen LogP contribution in [0.4, 0.5) is 0 Å². The number of nitrogens with one attached hydrogen (secondary N) is 1. The van der Waals surface area contributed by atoms with Crippen molar-refractivity contribution in [2.45, 2.75) is 26.3 Å². The number of aryl methyl sites for hydroxylation is 1.